The van der Waals surface area contributed by atoms with Gasteiger partial charge in [-0.25, -0.2) is 0 Å². The van der Waals surface area contributed by atoms with Crippen molar-refractivity contribution < 1.29 is 18.9 Å². The van der Waals surface area contributed by atoms with Crippen LogP contribution in [0.5, 0.6) is 0 Å². The van der Waals surface area contributed by atoms with Crippen LogP contribution in [0.1, 0.15) is 17.5 Å². The third-order valence-corrected chi connectivity index (χ3v) is 3.94. The molecule has 3 heteroatoms. The third kappa shape index (κ3) is 2.49. The Morgan fingerprint density at radius 2 is 2.33 bits per heavy atom. The number of hydrogen-bond acceptors (Lipinski definition) is 0. The molecule has 44 valence electrons. The van der Waals surface area contributed by atoms with Crippen LogP contribution in [0.15, 0.2) is 5.53 Å². The maximum atomic E-state index is 2.30. The summed E-state index contributed by atoms with van der Waals surface area (Å²) in [6, 6.07) is 0. The topological polar surface area (TPSA) is 0 Å². The molecule has 9 heavy (non-hydrogen) atoms. The first-order valence-electron chi connectivity index (χ1n) is 2.77. The van der Waals surface area contributed by atoms with Gasteiger partial charge in [-0.05, 0) is 6.42 Å². The van der Waals surface area contributed by atoms with Crippen molar-refractivity contribution in [1.29, 1.82) is 0 Å². The zero-order valence-corrected chi connectivity index (χ0v) is 7.97. The molecule has 0 N–H and O–H groups in total. The van der Waals surface area contributed by atoms with E-state index in [2.05, 4.69) is 19.4 Å². The normalized spacial score (nSPS) is 10.4. The van der Waals surface area contributed by atoms with Crippen molar-refractivity contribution in [3.63, 3.8) is 0 Å². The van der Waals surface area contributed by atoms with E-state index in [4.69, 9.17) is 0 Å². The number of hydrogen-bond donors (Lipinski definition) is 0. The average molecular weight is 150 g/mol. The maximum absolute atomic E-state index is 2.30. The molecule has 0 amide bonds. The summed E-state index contributed by atoms with van der Waals surface area (Å²) in [5.74, 6) is 0. The molecular formula is C6H9LiP2. The standard InChI is InChI=1S/C6H9P2.Li/c1-3-6-5(2)7-4-8-6;/h4H,3H2,1-2H3;/q-1;+1. The second-order valence-electron chi connectivity index (χ2n) is 1.76. The van der Waals surface area contributed by atoms with E-state index < -0.39 is 0 Å². The second-order valence-corrected chi connectivity index (χ2v) is 4.41. The van der Waals surface area contributed by atoms with Crippen molar-refractivity contribution in [3.8, 4) is 0 Å². The molecule has 1 heterocycles. The third-order valence-electron chi connectivity index (χ3n) is 1.22. The summed E-state index contributed by atoms with van der Waals surface area (Å²) in [6.07, 6.45) is 1.23. The van der Waals surface area contributed by atoms with E-state index in [0.717, 1.165) is 0 Å². The zero-order valence-electron chi connectivity index (χ0n) is 6.18. The molecule has 0 spiro atoms. The fraction of sp³-hybridized carbons (Fsp3) is 0.500. The molecular weight excluding hydrogens is 141 g/mol. The summed E-state index contributed by atoms with van der Waals surface area (Å²) in [7, 11) is 2.90. The summed E-state index contributed by atoms with van der Waals surface area (Å²) in [5, 5.41) is 3.18. The van der Waals surface area contributed by atoms with Crippen LogP contribution in [0.25, 0.3) is 0 Å². The van der Waals surface area contributed by atoms with Gasteiger partial charge in [-0.2, -0.15) is 5.53 Å². The molecule has 0 nitrogen and oxygen atoms in total. The van der Waals surface area contributed by atoms with Gasteiger partial charge in [0.25, 0.3) is 0 Å². The van der Waals surface area contributed by atoms with Crippen LogP contribution in [-0.2, 0) is 6.42 Å². The van der Waals surface area contributed by atoms with Crippen molar-refractivity contribution >= 4 is 16.4 Å². The molecule has 0 unspecified atom stereocenters. The van der Waals surface area contributed by atoms with Crippen LogP contribution in [0, 0.1) is 6.92 Å². The average Bonchev–Trinajstić information content (AvgIpc) is 2.14. The SMILES string of the molecule is CCc1[p-]cpc1C.[Li+]. The summed E-state index contributed by atoms with van der Waals surface area (Å²) < 4.78 is 0. The Morgan fingerprint density at radius 1 is 1.67 bits per heavy atom. The van der Waals surface area contributed by atoms with Gasteiger partial charge in [-0.15, -0.1) is 10.6 Å². The van der Waals surface area contributed by atoms with Gasteiger partial charge in [-0.3, -0.25) is 0 Å². The monoisotopic (exact) mass is 150 g/mol. The Morgan fingerprint density at radius 3 is 2.56 bits per heavy atom. The fourth-order valence-corrected chi connectivity index (χ4v) is 3.20. The summed E-state index contributed by atoms with van der Waals surface area (Å²) in [5.41, 5.74) is 2.30. The Bertz CT molecular complexity index is 171. The molecule has 1 rings (SSSR count). The van der Waals surface area contributed by atoms with Crippen LogP contribution >= 0.6 is 16.4 Å². The van der Waals surface area contributed by atoms with Gasteiger partial charge in [0.15, 0.2) is 0 Å². The van der Waals surface area contributed by atoms with Gasteiger partial charge < -0.3 is 16.4 Å². The van der Waals surface area contributed by atoms with E-state index in [0.29, 0.717) is 0 Å². The van der Waals surface area contributed by atoms with Gasteiger partial charge in [0.2, 0.25) is 0 Å². The van der Waals surface area contributed by atoms with Crippen LogP contribution in [0.4, 0.5) is 0 Å². The van der Waals surface area contributed by atoms with E-state index in [-0.39, 0.29) is 18.9 Å². The largest absolute Gasteiger partial charge is 1.00 e. The van der Waals surface area contributed by atoms with Crippen LogP contribution in [0.2, 0.25) is 0 Å². The predicted molar refractivity (Wildman–Crippen MR) is 41.2 cm³/mol. The number of rotatable bonds is 1. The van der Waals surface area contributed by atoms with Crippen molar-refractivity contribution in [2.75, 3.05) is 0 Å². The first-order valence-corrected chi connectivity index (χ1v) is 4.70. The van der Waals surface area contributed by atoms with Crippen LogP contribution < -0.4 is 18.9 Å². The molecule has 0 aliphatic carbocycles. The molecule has 0 aliphatic heterocycles. The van der Waals surface area contributed by atoms with Crippen molar-refractivity contribution in [2.45, 2.75) is 20.3 Å². The first-order chi connectivity index (χ1) is 3.84. The van der Waals surface area contributed by atoms with E-state index in [1.54, 1.807) is 10.6 Å². The minimum Gasteiger partial charge on any atom is -0.312 e. The smallest absolute Gasteiger partial charge is 0.312 e. The molecule has 0 radical (unpaired) electrons. The van der Waals surface area contributed by atoms with Crippen molar-refractivity contribution in [1.82, 2.24) is 0 Å². The molecule has 1 aromatic heterocycles. The summed E-state index contributed by atoms with van der Waals surface area (Å²) in [6.45, 7) is 4.44. The van der Waals surface area contributed by atoms with E-state index >= 15 is 0 Å². The van der Waals surface area contributed by atoms with E-state index in [9.17, 15) is 0 Å². The minimum absolute atomic E-state index is 0. The molecule has 0 atom stereocenters. The molecule has 0 saturated heterocycles. The van der Waals surface area contributed by atoms with Gasteiger partial charge in [-0.1, -0.05) is 13.8 Å². The summed E-state index contributed by atoms with van der Waals surface area (Å²) >= 11 is 0. The van der Waals surface area contributed by atoms with Gasteiger partial charge in [0.1, 0.15) is 0 Å². The Hall–Kier alpha value is 0.807. The molecule has 0 bridgehead atoms. The Balaban J connectivity index is 0.000000640. The van der Waals surface area contributed by atoms with E-state index in [1.807, 2.05) is 0 Å². The Labute approximate surface area is 71.8 Å². The van der Waals surface area contributed by atoms with Crippen molar-refractivity contribution in [2.24, 2.45) is 0 Å². The molecule has 0 aliphatic rings. The number of aryl methyl sites for hydroxylation is 2. The maximum Gasteiger partial charge on any atom is 1.00 e. The van der Waals surface area contributed by atoms with Gasteiger partial charge in [0, 0.05) is 0 Å². The molecule has 1 aromatic rings. The second kappa shape index (κ2) is 4.60. The first kappa shape index (κ1) is 9.81. The Kier molecular flexibility index (Phi) is 5.01. The minimum atomic E-state index is 0. The van der Waals surface area contributed by atoms with Gasteiger partial charge >= 0.3 is 18.9 Å². The molecule has 0 saturated carbocycles. The van der Waals surface area contributed by atoms with Crippen LogP contribution in [0.3, 0.4) is 0 Å². The van der Waals surface area contributed by atoms with Crippen molar-refractivity contribution in [3.05, 3.63) is 16.1 Å². The summed E-state index contributed by atoms with van der Waals surface area (Å²) in [4.78, 5) is 0. The van der Waals surface area contributed by atoms with E-state index in [1.165, 1.54) is 22.8 Å². The zero-order chi connectivity index (χ0) is 5.98. The fourth-order valence-electron chi connectivity index (χ4n) is 0.700. The molecule has 0 aromatic carbocycles. The molecule has 0 fully saturated rings. The quantitative estimate of drug-likeness (QED) is 0.509. The van der Waals surface area contributed by atoms with Gasteiger partial charge in [0.05, 0.1) is 0 Å². The van der Waals surface area contributed by atoms with Crippen LogP contribution in [-0.4, -0.2) is 0 Å². The predicted octanol–water partition coefficient (Wildman–Crippen LogP) is 0.441.